The Bertz CT molecular complexity index is 455. The Balaban J connectivity index is 2.81. The minimum Gasteiger partial charge on any atom is -0.365 e. The second kappa shape index (κ2) is 6.36. The zero-order valence-electron chi connectivity index (χ0n) is 10.4. The van der Waals surface area contributed by atoms with Gasteiger partial charge < -0.3 is 5.73 Å². The van der Waals surface area contributed by atoms with Gasteiger partial charge in [-0.2, -0.15) is 13.2 Å². The van der Waals surface area contributed by atoms with E-state index in [9.17, 15) is 18.0 Å². The maximum atomic E-state index is 12.1. The lowest BCUT2D eigenvalue weighted by atomic mass is 10.1. The quantitative estimate of drug-likeness (QED) is 0.823. The van der Waals surface area contributed by atoms with Gasteiger partial charge in [0.05, 0.1) is 6.04 Å². The highest BCUT2D eigenvalue weighted by Gasteiger charge is 2.28. The van der Waals surface area contributed by atoms with Crippen LogP contribution in [0, 0.1) is 0 Å². The molecule has 1 aromatic carbocycles. The molecule has 104 valence electrons. The molecule has 1 aromatic rings. The molecule has 2 N–H and O–H groups in total. The van der Waals surface area contributed by atoms with Crippen molar-refractivity contribution < 1.29 is 18.0 Å². The molecule has 3 nitrogen and oxygen atoms in total. The number of halogens is 3. The van der Waals surface area contributed by atoms with Gasteiger partial charge in [0, 0.05) is 12.8 Å². The fourth-order valence-corrected chi connectivity index (χ4v) is 1.55. The number of hydrogen-bond acceptors (Lipinski definition) is 2. The normalized spacial score (nSPS) is 14.2. The molecule has 6 heteroatoms. The summed E-state index contributed by atoms with van der Waals surface area (Å²) in [5, 5.41) is 0. The van der Waals surface area contributed by atoms with Crippen molar-refractivity contribution in [1.82, 2.24) is 0 Å². The molecule has 0 unspecified atom stereocenters. The number of aliphatic imine (C=N–C) groups is 1. The van der Waals surface area contributed by atoms with Gasteiger partial charge in [0.2, 0.25) is 0 Å². The molecule has 0 aliphatic heterocycles. The van der Waals surface area contributed by atoms with Gasteiger partial charge in [-0.05, 0) is 12.5 Å². The third kappa shape index (κ3) is 5.54. The first-order valence-corrected chi connectivity index (χ1v) is 5.78. The van der Waals surface area contributed by atoms with Crippen LogP contribution >= 0.6 is 0 Å². The molecule has 0 saturated carbocycles. The van der Waals surface area contributed by atoms with E-state index in [0.29, 0.717) is 0 Å². The molecular weight excluding hydrogens is 257 g/mol. The number of rotatable bonds is 5. The fourth-order valence-electron chi connectivity index (χ4n) is 1.55. The van der Waals surface area contributed by atoms with Gasteiger partial charge in [-0.15, -0.1) is 0 Å². The molecular formula is C13H15F3N2O. The molecule has 0 radical (unpaired) electrons. The van der Waals surface area contributed by atoms with Crippen LogP contribution < -0.4 is 5.73 Å². The first kappa shape index (κ1) is 15.2. The SMILES string of the molecule is C[C@@H](/N=C(\CCC(F)(F)F)C(N)=O)c1ccccc1. The lowest BCUT2D eigenvalue weighted by molar-refractivity contribution is -0.133. The predicted octanol–water partition coefficient (Wildman–Crippen LogP) is 3.02. The van der Waals surface area contributed by atoms with Crippen LogP contribution in [0.25, 0.3) is 0 Å². The Hall–Kier alpha value is -1.85. The Morgan fingerprint density at radius 3 is 2.37 bits per heavy atom. The van der Waals surface area contributed by atoms with E-state index in [4.69, 9.17) is 5.73 Å². The summed E-state index contributed by atoms with van der Waals surface area (Å²) in [6, 6.07) is 8.57. The second-order valence-corrected chi connectivity index (χ2v) is 4.14. The molecule has 0 aliphatic carbocycles. The van der Waals surface area contributed by atoms with Gasteiger partial charge in [0.15, 0.2) is 0 Å². The first-order chi connectivity index (χ1) is 8.79. The van der Waals surface area contributed by atoms with E-state index in [1.165, 1.54) is 0 Å². The van der Waals surface area contributed by atoms with E-state index < -0.39 is 31.0 Å². The Kier molecular flexibility index (Phi) is 5.09. The van der Waals surface area contributed by atoms with E-state index in [1.54, 1.807) is 31.2 Å². The second-order valence-electron chi connectivity index (χ2n) is 4.14. The van der Waals surface area contributed by atoms with Crippen LogP contribution in [0.4, 0.5) is 13.2 Å². The number of nitrogens with two attached hydrogens (primary N) is 1. The minimum atomic E-state index is -4.33. The number of benzene rings is 1. The summed E-state index contributed by atoms with van der Waals surface area (Å²) in [7, 11) is 0. The molecule has 0 fully saturated rings. The van der Waals surface area contributed by atoms with Gasteiger partial charge in [0.1, 0.15) is 5.71 Å². The van der Waals surface area contributed by atoms with E-state index >= 15 is 0 Å². The number of primary amides is 1. The van der Waals surface area contributed by atoms with Gasteiger partial charge in [-0.3, -0.25) is 9.79 Å². The predicted molar refractivity (Wildman–Crippen MR) is 66.8 cm³/mol. The maximum absolute atomic E-state index is 12.1. The minimum absolute atomic E-state index is 0.228. The number of carbonyl (C=O) groups excluding carboxylic acids is 1. The molecule has 19 heavy (non-hydrogen) atoms. The first-order valence-electron chi connectivity index (χ1n) is 5.78. The summed E-state index contributed by atoms with van der Waals surface area (Å²) in [5.41, 5.74) is 5.64. The molecule has 1 atom stereocenters. The van der Waals surface area contributed by atoms with Crippen LogP contribution in [0.3, 0.4) is 0 Å². The largest absolute Gasteiger partial charge is 0.389 e. The van der Waals surface area contributed by atoms with Crippen LogP contribution in [0.5, 0.6) is 0 Å². The molecule has 0 aliphatic rings. The van der Waals surface area contributed by atoms with Crippen LogP contribution in [0.15, 0.2) is 35.3 Å². The fraction of sp³-hybridized carbons (Fsp3) is 0.385. The van der Waals surface area contributed by atoms with Gasteiger partial charge >= 0.3 is 6.18 Å². The topological polar surface area (TPSA) is 55.4 Å². The van der Waals surface area contributed by atoms with Crippen molar-refractivity contribution in [3.8, 4) is 0 Å². The van der Waals surface area contributed by atoms with Crippen LogP contribution in [-0.4, -0.2) is 17.8 Å². The van der Waals surface area contributed by atoms with Gasteiger partial charge in [0.25, 0.3) is 5.91 Å². The van der Waals surface area contributed by atoms with Crippen LogP contribution in [0.1, 0.15) is 31.4 Å². The van der Waals surface area contributed by atoms with Crippen molar-refractivity contribution in [1.29, 1.82) is 0 Å². The Morgan fingerprint density at radius 1 is 1.32 bits per heavy atom. The Morgan fingerprint density at radius 2 is 1.89 bits per heavy atom. The van der Waals surface area contributed by atoms with Crippen LogP contribution in [-0.2, 0) is 4.79 Å². The van der Waals surface area contributed by atoms with E-state index in [1.807, 2.05) is 6.07 Å². The number of carbonyl (C=O) groups is 1. The molecule has 0 spiro atoms. The lowest BCUT2D eigenvalue weighted by Gasteiger charge is -2.10. The highest BCUT2D eigenvalue weighted by Crippen LogP contribution is 2.23. The van der Waals surface area contributed by atoms with E-state index in [-0.39, 0.29) is 5.71 Å². The number of hydrogen-bond donors (Lipinski definition) is 1. The van der Waals surface area contributed by atoms with E-state index in [2.05, 4.69) is 4.99 Å². The number of alkyl halides is 3. The average Bonchev–Trinajstić information content (AvgIpc) is 2.33. The smallest absolute Gasteiger partial charge is 0.365 e. The highest BCUT2D eigenvalue weighted by atomic mass is 19.4. The monoisotopic (exact) mass is 272 g/mol. The van der Waals surface area contributed by atoms with Gasteiger partial charge in [-0.1, -0.05) is 30.3 Å². The molecule has 0 heterocycles. The zero-order valence-corrected chi connectivity index (χ0v) is 10.4. The summed E-state index contributed by atoms with van der Waals surface area (Å²) >= 11 is 0. The summed E-state index contributed by atoms with van der Waals surface area (Å²) in [6.07, 6.45) is -5.92. The summed E-state index contributed by atoms with van der Waals surface area (Å²) < 4.78 is 36.4. The van der Waals surface area contributed by atoms with Crippen molar-refractivity contribution in [3.05, 3.63) is 35.9 Å². The summed E-state index contributed by atoms with van der Waals surface area (Å²) in [5.74, 6) is -0.910. The third-order valence-electron chi connectivity index (χ3n) is 2.56. The molecule has 1 amide bonds. The van der Waals surface area contributed by atoms with Crippen molar-refractivity contribution in [2.24, 2.45) is 10.7 Å². The zero-order chi connectivity index (χ0) is 14.5. The number of amides is 1. The molecule has 0 aromatic heterocycles. The van der Waals surface area contributed by atoms with Crippen LogP contribution in [0.2, 0.25) is 0 Å². The third-order valence-corrected chi connectivity index (χ3v) is 2.56. The standard InChI is InChI=1S/C13H15F3N2O/c1-9(10-5-3-2-4-6-10)18-11(12(17)19)7-8-13(14,15)16/h2-6,9H,7-8H2,1H3,(H2,17,19)/b18-11+/t9-/m1/s1. The molecule has 0 bridgehead atoms. The highest BCUT2D eigenvalue weighted by molar-refractivity contribution is 6.38. The van der Waals surface area contributed by atoms with Crippen molar-refractivity contribution >= 4 is 11.6 Å². The molecule has 0 saturated heterocycles. The Labute approximate surface area is 109 Å². The summed E-state index contributed by atoms with van der Waals surface area (Å²) in [6.45, 7) is 1.70. The average molecular weight is 272 g/mol. The summed E-state index contributed by atoms with van der Waals surface area (Å²) in [4.78, 5) is 15.1. The van der Waals surface area contributed by atoms with Gasteiger partial charge in [-0.25, -0.2) is 0 Å². The van der Waals surface area contributed by atoms with Crippen molar-refractivity contribution in [2.45, 2.75) is 32.0 Å². The number of nitrogens with zero attached hydrogens (tertiary/aromatic N) is 1. The van der Waals surface area contributed by atoms with Crippen molar-refractivity contribution in [2.75, 3.05) is 0 Å². The maximum Gasteiger partial charge on any atom is 0.389 e. The van der Waals surface area contributed by atoms with E-state index in [0.717, 1.165) is 5.56 Å². The molecule has 1 rings (SSSR count). The lowest BCUT2D eigenvalue weighted by Crippen LogP contribution is -2.25. The van der Waals surface area contributed by atoms with Crippen molar-refractivity contribution in [3.63, 3.8) is 0 Å².